The summed E-state index contributed by atoms with van der Waals surface area (Å²) in [5, 5.41) is 3.35. The Morgan fingerprint density at radius 2 is 2.27 bits per heavy atom. The van der Waals surface area contributed by atoms with E-state index in [2.05, 4.69) is 24.1 Å². The second kappa shape index (κ2) is 6.40. The molecular weight excluding hydrogens is 249 g/mol. The molecule has 0 saturated heterocycles. The summed E-state index contributed by atoms with van der Waals surface area (Å²) in [6.45, 7) is 4.79. The Hall–Kier alpha value is -0.200. The first-order valence-corrected chi connectivity index (χ1v) is 6.30. The van der Waals surface area contributed by atoms with Crippen LogP contribution in [0.15, 0.2) is 6.07 Å². The monoisotopic (exact) mass is 261 g/mol. The van der Waals surface area contributed by atoms with E-state index < -0.39 is 0 Å². The third-order valence-corrected chi connectivity index (χ3v) is 3.54. The third kappa shape index (κ3) is 4.04. The average Bonchev–Trinajstić information content (AvgIpc) is 2.52. The van der Waals surface area contributed by atoms with Crippen molar-refractivity contribution in [2.24, 2.45) is 0 Å². The molecule has 1 heterocycles. The average molecular weight is 262 g/mol. The van der Waals surface area contributed by atoms with Crippen LogP contribution in [0.3, 0.4) is 0 Å². The number of hydrogen-bond acceptors (Lipinski definition) is 2. The summed E-state index contributed by atoms with van der Waals surface area (Å²) >= 11 is 13.3. The molecule has 0 bridgehead atoms. The molecule has 1 atom stereocenters. The molecule has 4 heteroatoms. The SMILES string of the molecule is CC#CCCNC(C)c1cc(Cl)sc1Cl. The summed E-state index contributed by atoms with van der Waals surface area (Å²) in [5.41, 5.74) is 1.07. The van der Waals surface area contributed by atoms with E-state index in [0.29, 0.717) is 0 Å². The van der Waals surface area contributed by atoms with Crippen LogP contribution in [-0.4, -0.2) is 6.54 Å². The molecule has 0 saturated carbocycles. The fourth-order valence-electron chi connectivity index (χ4n) is 1.23. The van der Waals surface area contributed by atoms with Crippen molar-refractivity contribution in [3.63, 3.8) is 0 Å². The number of thiophene rings is 1. The highest BCUT2D eigenvalue weighted by atomic mass is 35.5. The number of hydrogen-bond donors (Lipinski definition) is 1. The van der Waals surface area contributed by atoms with Gasteiger partial charge < -0.3 is 5.32 Å². The Balaban J connectivity index is 2.48. The van der Waals surface area contributed by atoms with E-state index in [9.17, 15) is 0 Å². The van der Waals surface area contributed by atoms with Crippen LogP contribution in [0.4, 0.5) is 0 Å². The highest BCUT2D eigenvalue weighted by Gasteiger charge is 2.12. The molecule has 15 heavy (non-hydrogen) atoms. The summed E-state index contributed by atoms with van der Waals surface area (Å²) in [6, 6.07) is 2.14. The van der Waals surface area contributed by atoms with Crippen LogP contribution in [0, 0.1) is 11.8 Å². The molecule has 0 radical (unpaired) electrons. The van der Waals surface area contributed by atoms with Crippen molar-refractivity contribution >= 4 is 34.5 Å². The molecule has 0 aliphatic rings. The molecule has 1 aromatic rings. The van der Waals surface area contributed by atoms with E-state index in [4.69, 9.17) is 23.2 Å². The minimum atomic E-state index is 0.222. The Morgan fingerprint density at radius 3 is 2.80 bits per heavy atom. The minimum Gasteiger partial charge on any atom is -0.309 e. The summed E-state index contributed by atoms with van der Waals surface area (Å²) in [6.07, 6.45) is 0.857. The number of nitrogens with one attached hydrogen (secondary N) is 1. The predicted octanol–water partition coefficient (Wildman–Crippen LogP) is 4.12. The highest BCUT2D eigenvalue weighted by molar-refractivity contribution is 7.20. The van der Waals surface area contributed by atoms with Crippen LogP contribution in [0.2, 0.25) is 8.67 Å². The molecule has 0 aliphatic heterocycles. The maximum atomic E-state index is 6.05. The van der Waals surface area contributed by atoms with Gasteiger partial charge in [0.25, 0.3) is 0 Å². The van der Waals surface area contributed by atoms with Crippen LogP contribution in [0.5, 0.6) is 0 Å². The van der Waals surface area contributed by atoms with E-state index in [1.165, 1.54) is 11.3 Å². The molecule has 0 amide bonds. The van der Waals surface area contributed by atoms with Crippen LogP contribution >= 0.6 is 34.5 Å². The van der Waals surface area contributed by atoms with Gasteiger partial charge >= 0.3 is 0 Å². The fraction of sp³-hybridized carbons (Fsp3) is 0.455. The molecule has 1 aromatic heterocycles. The maximum absolute atomic E-state index is 6.05. The molecule has 0 spiro atoms. The van der Waals surface area contributed by atoms with Crippen LogP contribution in [-0.2, 0) is 0 Å². The van der Waals surface area contributed by atoms with Crippen molar-refractivity contribution in [1.29, 1.82) is 0 Å². The van der Waals surface area contributed by atoms with Crippen molar-refractivity contribution in [3.8, 4) is 11.8 Å². The summed E-state index contributed by atoms with van der Waals surface area (Å²) in [7, 11) is 0. The lowest BCUT2D eigenvalue weighted by molar-refractivity contribution is 0.586. The molecule has 1 nitrogen and oxygen atoms in total. The zero-order valence-corrected chi connectivity index (χ0v) is 11.1. The van der Waals surface area contributed by atoms with Gasteiger partial charge in [-0.15, -0.1) is 23.2 Å². The Kier molecular flexibility index (Phi) is 5.49. The molecule has 1 unspecified atom stereocenters. The standard InChI is InChI=1S/C11H13Cl2NS/c1-3-4-5-6-14-8(2)9-7-10(12)15-11(9)13/h7-8,14H,5-6H2,1-2H3. The van der Waals surface area contributed by atoms with E-state index >= 15 is 0 Å². The third-order valence-electron chi connectivity index (χ3n) is 2.03. The predicted molar refractivity (Wildman–Crippen MR) is 68.8 cm³/mol. The van der Waals surface area contributed by atoms with Crippen molar-refractivity contribution in [2.75, 3.05) is 6.54 Å². The Labute approximate surface area is 105 Å². The molecule has 0 fully saturated rings. The van der Waals surface area contributed by atoms with Gasteiger partial charge in [-0.25, -0.2) is 0 Å². The van der Waals surface area contributed by atoms with Crippen molar-refractivity contribution < 1.29 is 0 Å². The van der Waals surface area contributed by atoms with Gasteiger partial charge in [0.2, 0.25) is 0 Å². The van der Waals surface area contributed by atoms with E-state index in [0.717, 1.165) is 27.2 Å². The zero-order valence-electron chi connectivity index (χ0n) is 8.73. The van der Waals surface area contributed by atoms with Gasteiger partial charge in [0.1, 0.15) is 0 Å². The first kappa shape index (κ1) is 12.9. The molecular formula is C11H13Cl2NS. The first-order valence-electron chi connectivity index (χ1n) is 4.73. The van der Waals surface area contributed by atoms with Crippen molar-refractivity contribution in [3.05, 3.63) is 20.3 Å². The van der Waals surface area contributed by atoms with Gasteiger partial charge in [0.05, 0.1) is 8.67 Å². The summed E-state index contributed by atoms with van der Waals surface area (Å²) < 4.78 is 1.50. The zero-order chi connectivity index (χ0) is 11.3. The van der Waals surface area contributed by atoms with Gasteiger partial charge in [-0.1, -0.05) is 23.2 Å². The second-order valence-electron chi connectivity index (χ2n) is 3.13. The minimum absolute atomic E-state index is 0.222. The largest absolute Gasteiger partial charge is 0.309 e. The fourth-order valence-corrected chi connectivity index (χ4v) is 2.88. The van der Waals surface area contributed by atoms with Gasteiger partial charge in [-0.05, 0) is 25.5 Å². The molecule has 0 aromatic carbocycles. The van der Waals surface area contributed by atoms with Gasteiger partial charge in [-0.2, -0.15) is 0 Å². The molecule has 1 N–H and O–H groups in total. The number of rotatable bonds is 4. The van der Waals surface area contributed by atoms with Crippen LogP contribution in [0.25, 0.3) is 0 Å². The lowest BCUT2D eigenvalue weighted by Gasteiger charge is -2.11. The highest BCUT2D eigenvalue weighted by Crippen LogP contribution is 2.34. The Bertz CT molecular complexity index is 376. The van der Waals surface area contributed by atoms with Gasteiger partial charge in [0.15, 0.2) is 0 Å². The first-order chi connectivity index (χ1) is 7.15. The Morgan fingerprint density at radius 1 is 1.53 bits per heavy atom. The van der Waals surface area contributed by atoms with Crippen LogP contribution < -0.4 is 5.32 Å². The van der Waals surface area contributed by atoms with Crippen molar-refractivity contribution in [1.82, 2.24) is 5.32 Å². The van der Waals surface area contributed by atoms with E-state index in [-0.39, 0.29) is 6.04 Å². The maximum Gasteiger partial charge on any atom is 0.0991 e. The molecule has 82 valence electrons. The lowest BCUT2D eigenvalue weighted by atomic mass is 10.2. The second-order valence-corrected chi connectivity index (χ2v) is 5.42. The summed E-state index contributed by atoms with van der Waals surface area (Å²) in [4.78, 5) is 0. The number of halogens is 2. The smallest absolute Gasteiger partial charge is 0.0991 e. The van der Waals surface area contributed by atoms with Crippen LogP contribution in [0.1, 0.15) is 31.9 Å². The topological polar surface area (TPSA) is 12.0 Å². The van der Waals surface area contributed by atoms with E-state index in [1.54, 1.807) is 0 Å². The van der Waals surface area contributed by atoms with Crippen molar-refractivity contribution in [2.45, 2.75) is 26.3 Å². The van der Waals surface area contributed by atoms with Gasteiger partial charge in [0, 0.05) is 19.0 Å². The summed E-state index contributed by atoms with van der Waals surface area (Å²) in [5.74, 6) is 5.87. The van der Waals surface area contributed by atoms with E-state index in [1.807, 2.05) is 13.0 Å². The lowest BCUT2D eigenvalue weighted by Crippen LogP contribution is -2.19. The molecule has 1 rings (SSSR count). The van der Waals surface area contributed by atoms with Gasteiger partial charge in [-0.3, -0.25) is 0 Å². The normalized spacial score (nSPS) is 12.0. The molecule has 0 aliphatic carbocycles. The quantitative estimate of drug-likeness (QED) is 0.635.